The van der Waals surface area contributed by atoms with E-state index in [1.54, 1.807) is 0 Å². The summed E-state index contributed by atoms with van der Waals surface area (Å²) in [5.74, 6) is 1.86. The van der Waals surface area contributed by atoms with Gasteiger partial charge in [-0.3, -0.25) is 8.80 Å². The van der Waals surface area contributed by atoms with Crippen molar-refractivity contribution in [1.82, 2.24) is 42.9 Å². The lowest BCUT2D eigenvalue weighted by molar-refractivity contribution is 1.07. The van der Waals surface area contributed by atoms with Gasteiger partial charge < -0.3 is 9.13 Å². The normalized spacial score (nSPS) is 12.1. The smallest absolute Gasteiger partial charge is 0.164 e. The minimum atomic E-state index is 0.608. The Hall–Kier alpha value is -10.3. The summed E-state index contributed by atoms with van der Waals surface area (Å²) in [6, 6.07) is 83.2. The Morgan fingerprint density at radius 1 is 0.243 bits per heavy atom. The average Bonchev–Trinajstić information content (AvgIpc) is 4.25. The number of imidazole rings is 2. The second-order valence-corrected chi connectivity index (χ2v) is 18.9. The van der Waals surface area contributed by atoms with Crippen LogP contribution in [-0.2, 0) is 0 Å². The van der Waals surface area contributed by atoms with E-state index in [1.807, 2.05) is 60.7 Å². The van der Waals surface area contributed by atoms with E-state index >= 15 is 0 Å². The van der Waals surface area contributed by atoms with Crippen LogP contribution < -0.4 is 0 Å². The monoisotopic (exact) mass is 945 g/mol. The molecule has 0 saturated carbocycles. The first-order chi connectivity index (χ1) is 36.7. The van der Waals surface area contributed by atoms with Gasteiger partial charge in [-0.15, -0.1) is 0 Å². The van der Waals surface area contributed by atoms with Gasteiger partial charge in [-0.05, 0) is 91.0 Å². The third-order valence-electron chi connectivity index (χ3n) is 14.8. The van der Waals surface area contributed by atoms with Crippen LogP contribution in [0.3, 0.4) is 0 Å². The number of para-hydroxylation sites is 8. The second kappa shape index (κ2) is 15.6. The van der Waals surface area contributed by atoms with Crippen LogP contribution in [0.2, 0.25) is 0 Å². The fourth-order valence-electron chi connectivity index (χ4n) is 11.6. The summed E-state index contributed by atoms with van der Waals surface area (Å²) in [4.78, 5) is 26.2. The van der Waals surface area contributed by atoms with E-state index in [2.05, 4.69) is 194 Å². The summed E-state index contributed by atoms with van der Waals surface area (Å²) in [6.45, 7) is 0. The Morgan fingerprint density at radius 2 is 0.676 bits per heavy atom. The highest BCUT2D eigenvalue weighted by Crippen LogP contribution is 2.46. The Bertz CT molecular complexity index is 4940. The Labute approximate surface area is 421 Å². The first-order valence-corrected chi connectivity index (χ1v) is 24.9. The van der Waals surface area contributed by atoms with Crippen molar-refractivity contribution in [3.63, 3.8) is 0 Å². The van der Waals surface area contributed by atoms with Crippen LogP contribution >= 0.6 is 0 Å². The van der Waals surface area contributed by atoms with Crippen LogP contribution in [0.5, 0.6) is 0 Å². The van der Waals surface area contributed by atoms with E-state index in [-0.39, 0.29) is 0 Å². The number of aromatic nitrogens is 9. The largest absolute Gasteiger partial charge is 0.307 e. The summed E-state index contributed by atoms with van der Waals surface area (Å²) in [7, 11) is 0. The first-order valence-electron chi connectivity index (χ1n) is 24.9. The Balaban J connectivity index is 1.04. The molecule has 0 bridgehead atoms. The SMILES string of the molecule is c1ccc(-c2nc(-c3ccccc3)nc(-c3ccc(-n4c5ccccc5c5ccc6c7c8c(ccc7n(-c7ccccc7)c6c54)c4nc5ccccc5n4c4ccccc4n4c5ccccc5nc84)cc3)n2)cc1. The Kier molecular flexibility index (Phi) is 8.55. The molecule has 0 fully saturated rings. The van der Waals surface area contributed by atoms with E-state index in [0.717, 1.165) is 121 Å². The third-order valence-corrected chi connectivity index (χ3v) is 14.8. The molecule has 6 aromatic heterocycles. The highest BCUT2D eigenvalue weighted by Gasteiger charge is 2.25. The van der Waals surface area contributed by atoms with Crippen molar-refractivity contribution in [2.24, 2.45) is 0 Å². The molecular formula is C65H39N9. The fourth-order valence-corrected chi connectivity index (χ4v) is 11.6. The summed E-state index contributed by atoms with van der Waals surface area (Å²) in [5.41, 5.74) is 16.9. The Morgan fingerprint density at radius 3 is 1.30 bits per heavy atom. The van der Waals surface area contributed by atoms with Crippen LogP contribution in [0.15, 0.2) is 237 Å². The molecule has 344 valence electrons. The number of hydrogen-bond donors (Lipinski definition) is 0. The molecule has 16 rings (SSSR count). The lowest BCUT2D eigenvalue weighted by Gasteiger charge is -2.13. The maximum atomic E-state index is 5.60. The van der Waals surface area contributed by atoms with E-state index in [1.165, 1.54) is 5.39 Å². The van der Waals surface area contributed by atoms with Gasteiger partial charge in [0.1, 0.15) is 11.3 Å². The molecule has 0 aliphatic rings. The molecule has 0 N–H and O–H groups in total. The summed E-state index contributed by atoms with van der Waals surface area (Å²) >= 11 is 0. The predicted molar refractivity (Wildman–Crippen MR) is 301 cm³/mol. The fraction of sp³-hybridized carbons (Fsp3) is 0. The molecule has 0 atom stereocenters. The molecule has 16 aromatic rings. The molecule has 0 unspecified atom stereocenters. The lowest BCUT2D eigenvalue weighted by Crippen LogP contribution is -2.01. The van der Waals surface area contributed by atoms with Crippen LogP contribution in [0.25, 0.3) is 144 Å². The minimum Gasteiger partial charge on any atom is -0.307 e. The van der Waals surface area contributed by atoms with Gasteiger partial charge in [-0.1, -0.05) is 146 Å². The molecule has 6 heterocycles. The van der Waals surface area contributed by atoms with Crippen LogP contribution in [0, 0.1) is 0 Å². The van der Waals surface area contributed by atoms with Gasteiger partial charge in [-0.2, -0.15) is 0 Å². The molecular weight excluding hydrogens is 907 g/mol. The van der Waals surface area contributed by atoms with Crippen LogP contribution in [0.1, 0.15) is 0 Å². The standard InChI is InChI=1S/C65H39N9/c1-4-18-40(19-5-1)61-68-62(41-20-6-2-7-21-41)70-63(69-61)42-32-34-44(35-33-42)71-51-27-13-10-24-45(51)46-36-37-47-57-56(72(60(47)59(46)71)43-22-8-3-9-23-43)39-38-48-58(57)65-67-50-26-12-15-29-53(50)74(65)55-31-17-16-30-54(55)73-52-28-14-11-25-49(52)66-64(48)73/h1-39H. The topological polar surface area (TPSA) is 83.1 Å². The van der Waals surface area contributed by atoms with E-state index < -0.39 is 0 Å². The number of fused-ring (bicyclic) bond motifs is 20. The molecule has 0 radical (unpaired) electrons. The van der Waals surface area contributed by atoms with Crippen molar-refractivity contribution in [1.29, 1.82) is 0 Å². The van der Waals surface area contributed by atoms with E-state index in [0.29, 0.717) is 17.5 Å². The number of hydrogen-bond acceptors (Lipinski definition) is 5. The van der Waals surface area contributed by atoms with Crippen molar-refractivity contribution in [2.45, 2.75) is 0 Å². The van der Waals surface area contributed by atoms with Crippen molar-refractivity contribution in [3.8, 4) is 45.5 Å². The highest BCUT2D eigenvalue weighted by molar-refractivity contribution is 6.32. The number of nitrogens with zero attached hydrogens (tertiary/aromatic N) is 9. The zero-order valence-corrected chi connectivity index (χ0v) is 39.5. The molecule has 74 heavy (non-hydrogen) atoms. The zero-order chi connectivity index (χ0) is 48.4. The van der Waals surface area contributed by atoms with E-state index in [4.69, 9.17) is 24.9 Å². The van der Waals surface area contributed by atoms with Crippen LogP contribution in [-0.4, -0.2) is 42.9 Å². The van der Waals surface area contributed by atoms with Crippen molar-refractivity contribution in [3.05, 3.63) is 237 Å². The number of benzene rings is 10. The maximum Gasteiger partial charge on any atom is 0.164 e. The van der Waals surface area contributed by atoms with Gasteiger partial charge in [0.25, 0.3) is 0 Å². The molecule has 0 spiro atoms. The lowest BCUT2D eigenvalue weighted by atomic mass is 10.0. The maximum absolute atomic E-state index is 5.60. The third kappa shape index (κ3) is 5.83. The quantitative estimate of drug-likeness (QED) is 0.172. The molecule has 0 amide bonds. The van der Waals surface area contributed by atoms with E-state index in [9.17, 15) is 0 Å². The molecule has 0 aliphatic carbocycles. The second-order valence-electron chi connectivity index (χ2n) is 18.9. The van der Waals surface area contributed by atoms with Gasteiger partial charge in [0, 0.05) is 60.4 Å². The van der Waals surface area contributed by atoms with Crippen molar-refractivity contribution in [2.75, 3.05) is 0 Å². The van der Waals surface area contributed by atoms with Gasteiger partial charge >= 0.3 is 0 Å². The number of rotatable bonds is 5. The molecule has 0 aliphatic heterocycles. The minimum absolute atomic E-state index is 0.608. The molecule has 10 aromatic carbocycles. The molecule has 9 heteroatoms. The van der Waals surface area contributed by atoms with Crippen molar-refractivity contribution >= 4 is 98.8 Å². The van der Waals surface area contributed by atoms with Gasteiger partial charge in [0.15, 0.2) is 17.5 Å². The highest BCUT2D eigenvalue weighted by atomic mass is 15.1. The summed E-state index contributed by atoms with van der Waals surface area (Å²) in [5, 5.41) is 6.56. The van der Waals surface area contributed by atoms with Gasteiger partial charge in [0.05, 0.1) is 55.2 Å². The average molecular weight is 946 g/mol. The first kappa shape index (κ1) is 40.5. The summed E-state index contributed by atoms with van der Waals surface area (Å²) in [6.07, 6.45) is 0. The van der Waals surface area contributed by atoms with Crippen LogP contribution in [0.4, 0.5) is 0 Å². The summed E-state index contributed by atoms with van der Waals surface area (Å²) < 4.78 is 9.59. The zero-order valence-electron chi connectivity index (χ0n) is 39.5. The predicted octanol–water partition coefficient (Wildman–Crippen LogP) is 15.5. The van der Waals surface area contributed by atoms with Gasteiger partial charge in [-0.25, -0.2) is 24.9 Å². The van der Waals surface area contributed by atoms with Crippen molar-refractivity contribution < 1.29 is 0 Å². The van der Waals surface area contributed by atoms with Gasteiger partial charge in [0.2, 0.25) is 0 Å². The molecule has 9 nitrogen and oxygen atoms in total. The molecule has 0 saturated heterocycles.